The molecule has 0 bridgehead atoms. The van der Waals surface area contributed by atoms with Crippen molar-refractivity contribution in [1.82, 2.24) is 24.9 Å². The minimum absolute atomic E-state index is 0.204. The number of hydrazine groups is 1. The van der Waals surface area contributed by atoms with Gasteiger partial charge in [0, 0.05) is 12.7 Å². The van der Waals surface area contributed by atoms with E-state index < -0.39 is 5.69 Å². The Kier molecular flexibility index (Phi) is 3.99. The second-order valence-corrected chi connectivity index (χ2v) is 3.82. The number of hydrogen-bond acceptors (Lipinski definition) is 6. The van der Waals surface area contributed by atoms with E-state index in [1.807, 2.05) is 13.0 Å². The Balaban J connectivity index is 2.24. The summed E-state index contributed by atoms with van der Waals surface area (Å²) in [6.07, 6.45) is 4.69. The highest BCUT2D eigenvalue weighted by Crippen LogP contribution is 2.03. The van der Waals surface area contributed by atoms with Gasteiger partial charge in [-0.25, -0.2) is 24.8 Å². The highest BCUT2D eigenvalue weighted by molar-refractivity contribution is 5.28. The van der Waals surface area contributed by atoms with Gasteiger partial charge in [0.05, 0.1) is 0 Å². The molecule has 2 heterocycles. The molecule has 7 heteroatoms. The number of hydrogen-bond donors (Lipinski definition) is 2. The second kappa shape index (κ2) is 5.87. The molecule has 2 rings (SSSR count). The number of pyridine rings is 1. The summed E-state index contributed by atoms with van der Waals surface area (Å²) in [6, 6.07) is 3.64. The minimum Gasteiger partial charge on any atom is -0.289 e. The molecule has 7 nitrogen and oxygen atoms in total. The van der Waals surface area contributed by atoms with Gasteiger partial charge in [0.2, 0.25) is 5.95 Å². The van der Waals surface area contributed by atoms with Crippen molar-refractivity contribution in [3.63, 3.8) is 0 Å². The quantitative estimate of drug-likeness (QED) is 0.460. The van der Waals surface area contributed by atoms with Crippen molar-refractivity contribution < 1.29 is 0 Å². The van der Waals surface area contributed by atoms with E-state index in [9.17, 15) is 4.79 Å². The molecule has 0 fully saturated rings. The van der Waals surface area contributed by atoms with Crippen LogP contribution in [0.25, 0.3) is 5.82 Å². The fourth-order valence-corrected chi connectivity index (χ4v) is 1.41. The molecule has 0 amide bonds. The van der Waals surface area contributed by atoms with Crippen LogP contribution in [0.3, 0.4) is 0 Å². The molecule has 2 N–H and O–H groups in total. The van der Waals surface area contributed by atoms with Crippen molar-refractivity contribution in [3.05, 3.63) is 53.4 Å². The molecule has 98 valence electrons. The predicted molar refractivity (Wildman–Crippen MR) is 72.0 cm³/mol. The van der Waals surface area contributed by atoms with Gasteiger partial charge < -0.3 is 0 Å². The van der Waals surface area contributed by atoms with Crippen LogP contribution >= 0.6 is 0 Å². The first kappa shape index (κ1) is 12.9. The van der Waals surface area contributed by atoms with Crippen LogP contribution in [0.4, 0.5) is 5.95 Å². The topological polar surface area (TPSA) is 84.7 Å². The van der Waals surface area contributed by atoms with E-state index in [-0.39, 0.29) is 5.95 Å². The summed E-state index contributed by atoms with van der Waals surface area (Å²) in [5, 5.41) is 0. The van der Waals surface area contributed by atoms with E-state index in [0.29, 0.717) is 12.4 Å². The predicted octanol–water partition coefficient (Wildman–Crippen LogP) is 0.433. The largest absolute Gasteiger partial charge is 0.357 e. The van der Waals surface area contributed by atoms with Gasteiger partial charge in [-0.15, -0.1) is 6.58 Å². The number of aromatic nitrogens is 4. The van der Waals surface area contributed by atoms with Crippen molar-refractivity contribution in [2.75, 3.05) is 12.0 Å². The maximum atomic E-state index is 11.9. The molecule has 0 saturated heterocycles. The Morgan fingerprint density at radius 1 is 1.47 bits per heavy atom. The summed E-state index contributed by atoms with van der Waals surface area (Å²) in [5.74, 6) is 0.700. The van der Waals surface area contributed by atoms with Crippen LogP contribution in [0.5, 0.6) is 0 Å². The lowest BCUT2D eigenvalue weighted by molar-refractivity contribution is 0.803. The first-order valence-electron chi connectivity index (χ1n) is 5.69. The molecule has 0 atom stereocenters. The third-order valence-electron chi connectivity index (χ3n) is 2.30. The van der Waals surface area contributed by atoms with E-state index in [2.05, 4.69) is 32.4 Å². The zero-order chi connectivity index (χ0) is 13.7. The van der Waals surface area contributed by atoms with E-state index in [1.54, 1.807) is 18.3 Å². The Hall–Kier alpha value is -2.54. The average Bonchev–Trinajstić information content (AvgIpc) is 2.39. The van der Waals surface area contributed by atoms with E-state index in [4.69, 9.17) is 0 Å². The van der Waals surface area contributed by atoms with Gasteiger partial charge in [0.15, 0.2) is 0 Å². The molecule has 2 aromatic rings. The molecule has 19 heavy (non-hydrogen) atoms. The first-order valence-corrected chi connectivity index (χ1v) is 5.69. The molecule has 0 aliphatic heterocycles. The lowest BCUT2D eigenvalue weighted by Crippen LogP contribution is -2.28. The fourth-order valence-electron chi connectivity index (χ4n) is 1.41. The molecule has 0 saturated carbocycles. The van der Waals surface area contributed by atoms with Crippen LogP contribution in [-0.2, 0) is 0 Å². The molecular weight excluding hydrogens is 244 g/mol. The molecular formula is C12H14N6O. The molecule has 0 aromatic carbocycles. The highest BCUT2D eigenvalue weighted by Gasteiger charge is 2.04. The Morgan fingerprint density at radius 3 is 3.00 bits per heavy atom. The molecule has 2 aromatic heterocycles. The third kappa shape index (κ3) is 3.23. The summed E-state index contributed by atoms with van der Waals surface area (Å²) < 4.78 is 1.28. The van der Waals surface area contributed by atoms with Crippen LogP contribution in [-0.4, -0.2) is 26.1 Å². The number of aryl methyl sites for hydroxylation is 1. The van der Waals surface area contributed by atoms with Crippen LogP contribution in [0.15, 0.2) is 42.1 Å². The molecule has 0 spiro atoms. The Bertz CT molecular complexity index is 636. The first-order chi connectivity index (χ1) is 9.20. The van der Waals surface area contributed by atoms with Crippen LogP contribution in [0.2, 0.25) is 0 Å². The molecule has 0 radical (unpaired) electrons. The van der Waals surface area contributed by atoms with Gasteiger partial charge in [-0.1, -0.05) is 6.08 Å². The van der Waals surface area contributed by atoms with Crippen molar-refractivity contribution in [1.29, 1.82) is 0 Å². The highest BCUT2D eigenvalue weighted by atomic mass is 16.1. The molecule has 0 unspecified atom stereocenters. The monoisotopic (exact) mass is 258 g/mol. The normalized spacial score (nSPS) is 10.2. The number of nitrogens with one attached hydrogen (secondary N) is 2. The minimum atomic E-state index is -0.448. The van der Waals surface area contributed by atoms with Gasteiger partial charge >= 0.3 is 5.69 Å². The maximum Gasteiger partial charge on any atom is 0.357 e. The zero-order valence-electron chi connectivity index (χ0n) is 10.5. The smallest absolute Gasteiger partial charge is 0.289 e. The lowest BCUT2D eigenvalue weighted by atomic mass is 10.3. The van der Waals surface area contributed by atoms with Gasteiger partial charge in [-0.05, 0) is 24.6 Å². The Morgan fingerprint density at radius 2 is 2.32 bits per heavy atom. The van der Waals surface area contributed by atoms with Gasteiger partial charge in [0.25, 0.3) is 0 Å². The van der Waals surface area contributed by atoms with Crippen molar-refractivity contribution in [3.8, 4) is 5.82 Å². The van der Waals surface area contributed by atoms with E-state index >= 15 is 0 Å². The standard InChI is InChI=1S/C12H14N6O/c1-3-5-15-17-11-14-8-18(12(19)16-11)10-7-9(2)4-6-13-10/h3-4,6-8,15H,1,5H2,2H3,(H,16,17,19). The second-order valence-electron chi connectivity index (χ2n) is 3.82. The van der Waals surface area contributed by atoms with Gasteiger partial charge in [0.1, 0.15) is 12.1 Å². The van der Waals surface area contributed by atoms with E-state index in [0.717, 1.165) is 5.56 Å². The van der Waals surface area contributed by atoms with Gasteiger partial charge in [-0.3, -0.25) is 5.43 Å². The summed E-state index contributed by atoms with van der Waals surface area (Å²) in [4.78, 5) is 23.8. The average molecular weight is 258 g/mol. The maximum absolute atomic E-state index is 11.9. The van der Waals surface area contributed by atoms with Crippen molar-refractivity contribution in [2.45, 2.75) is 6.92 Å². The van der Waals surface area contributed by atoms with E-state index in [1.165, 1.54) is 10.9 Å². The summed E-state index contributed by atoms with van der Waals surface area (Å²) in [7, 11) is 0. The fraction of sp³-hybridized carbons (Fsp3) is 0.167. The van der Waals surface area contributed by atoms with Crippen LogP contribution < -0.4 is 16.5 Å². The summed E-state index contributed by atoms with van der Waals surface area (Å²) in [6.45, 7) is 6.01. The zero-order valence-corrected chi connectivity index (χ0v) is 10.5. The van der Waals surface area contributed by atoms with Crippen LogP contribution in [0.1, 0.15) is 5.56 Å². The van der Waals surface area contributed by atoms with Crippen molar-refractivity contribution >= 4 is 5.95 Å². The molecule has 0 aliphatic carbocycles. The third-order valence-corrected chi connectivity index (χ3v) is 2.30. The number of nitrogens with zero attached hydrogens (tertiary/aromatic N) is 4. The summed E-state index contributed by atoms with van der Waals surface area (Å²) in [5.41, 5.74) is 6.05. The Labute approximate surface area is 110 Å². The number of anilines is 1. The molecule has 0 aliphatic rings. The lowest BCUT2D eigenvalue weighted by Gasteiger charge is -2.06. The van der Waals surface area contributed by atoms with Gasteiger partial charge in [-0.2, -0.15) is 4.98 Å². The van der Waals surface area contributed by atoms with Crippen LogP contribution in [0, 0.1) is 6.92 Å². The summed E-state index contributed by atoms with van der Waals surface area (Å²) >= 11 is 0. The number of rotatable bonds is 5. The van der Waals surface area contributed by atoms with Crippen molar-refractivity contribution in [2.24, 2.45) is 0 Å². The SMILES string of the molecule is C=CCNNc1ncn(-c2cc(C)ccn2)c(=O)n1.